The minimum atomic E-state index is -0.917. The van der Waals surface area contributed by atoms with E-state index in [1.807, 2.05) is 75.3 Å². The van der Waals surface area contributed by atoms with Crippen LogP contribution in [0.5, 0.6) is 0 Å². The number of carboxylic acids is 2. The van der Waals surface area contributed by atoms with E-state index in [2.05, 4.69) is 4.98 Å². The third-order valence-corrected chi connectivity index (χ3v) is 5.67. The van der Waals surface area contributed by atoms with Gasteiger partial charge in [-0.05, 0) is 63.6 Å². The standard InChI is InChI=1S/C14H19FO2.C14H18N2O2.C2H6/c1-8(2)10-5-6-12(15)14(9(3)4)11(10)7-13(16)17;1-8(2)11-5-10(7-15)16-14(9(3)4)12(11)6-13(17)18;1-2/h5-6,8-9H,7H2,1-4H3,(H,16,17);5,8-9H,6H2,1-4H3,(H,17,18);1-2H3. The normalized spacial score (nSPS) is 10.5. The van der Waals surface area contributed by atoms with E-state index in [1.165, 1.54) is 6.07 Å². The number of rotatable bonds is 8. The predicted molar refractivity (Wildman–Crippen MR) is 146 cm³/mol. The maximum atomic E-state index is 13.8. The Bertz CT molecular complexity index is 1070. The van der Waals surface area contributed by atoms with Gasteiger partial charge in [-0.15, -0.1) is 0 Å². The maximum absolute atomic E-state index is 13.8. The summed E-state index contributed by atoms with van der Waals surface area (Å²) >= 11 is 0. The Morgan fingerprint density at radius 3 is 1.70 bits per heavy atom. The van der Waals surface area contributed by atoms with Gasteiger partial charge in [-0.1, -0.05) is 75.3 Å². The molecule has 2 aromatic rings. The highest BCUT2D eigenvalue weighted by Gasteiger charge is 2.20. The number of pyridine rings is 1. The van der Waals surface area contributed by atoms with Crippen LogP contribution in [0.15, 0.2) is 18.2 Å². The molecule has 1 heterocycles. The fourth-order valence-electron chi connectivity index (χ4n) is 4.17. The summed E-state index contributed by atoms with van der Waals surface area (Å²) in [6.07, 6.45) is -0.154. The molecule has 0 bridgehead atoms. The molecule has 0 spiro atoms. The van der Waals surface area contributed by atoms with E-state index >= 15 is 0 Å². The number of hydrogen-bond acceptors (Lipinski definition) is 4. The molecule has 6 nitrogen and oxygen atoms in total. The second kappa shape index (κ2) is 15.8. The van der Waals surface area contributed by atoms with Gasteiger partial charge < -0.3 is 10.2 Å². The van der Waals surface area contributed by atoms with Crippen LogP contribution in [0.1, 0.15) is 132 Å². The predicted octanol–water partition coefficient (Wildman–Crippen LogP) is 7.55. The van der Waals surface area contributed by atoms with Gasteiger partial charge in [0.05, 0.1) is 12.8 Å². The Morgan fingerprint density at radius 1 is 0.838 bits per heavy atom. The van der Waals surface area contributed by atoms with Gasteiger partial charge in [0.25, 0.3) is 0 Å². The highest BCUT2D eigenvalue weighted by Crippen LogP contribution is 2.30. The van der Waals surface area contributed by atoms with Gasteiger partial charge in [0.2, 0.25) is 0 Å². The van der Waals surface area contributed by atoms with E-state index in [9.17, 15) is 14.0 Å². The lowest BCUT2D eigenvalue weighted by Crippen LogP contribution is -2.12. The van der Waals surface area contributed by atoms with E-state index in [-0.39, 0.29) is 42.3 Å². The summed E-state index contributed by atoms with van der Waals surface area (Å²) in [6.45, 7) is 19.6. The average Bonchev–Trinajstić information content (AvgIpc) is 2.79. The van der Waals surface area contributed by atoms with Gasteiger partial charge in [0, 0.05) is 5.69 Å². The molecule has 0 fully saturated rings. The first-order valence-electron chi connectivity index (χ1n) is 12.9. The van der Waals surface area contributed by atoms with Gasteiger partial charge in [-0.25, -0.2) is 9.37 Å². The molecule has 1 aromatic carbocycles. The molecular weight excluding hydrogens is 471 g/mol. The lowest BCUT2D eigenvalue weighted by molar-refractivity contribution is -0.137. The number of aromatic nitrogens is 1. The van der Waals surface area contributed by atoms with E-state index in [0.717, 1.165) is 22.4 Å². The molecule has 0 aliphatic heterocycles. The summed E-state index contributed by atoms with van der Waals surface area (Å²) in [5.41, 5.74) is 4.86. The van der Waals surface area contributed by atoms with Gasteiger partial charge in [-0.3, -0.25) is 9.59 Å². The third kappa shape index (κ3) is 9.95. The molecule has 0 unspecified atom stereocenters. The van der Waals surface area contributed by atoms with Gasteiger partial charge in [0.15, 0.2) is 0 Å². The highest BCUT2D eigenvalue weighted by atomic mass is 19.1. The minimum absolute atomic E-state index is 0.0111. The minimum Gasteiger partial charge on any atom is -0.481 e. The smallest absolute Gasteiger partial charge is 0.307 e. The van der Waals surface area contributed by atoms with E-state index in [1.54, 1.807) is 12.1 Å². The van der Waals surface area contributed by atoms with Gasteiger partial charge >= 0.3 is 11.9 Å². The molecule has 0 amide bonds. The molecule has 0 radical (unpaired) electrons. The number of carboxylic acid groups (broad SMARTS) is 2. The molecule has 1 aromatic heterocycles. The van der Waals surface area contributed by atoms with Crippen LogP contribution in [0.2, 0.25) is 0 Å². The summed E-state index contributed by atoms with van der Waals surface area (Å²) in [6, 6.07) is 6.88. The van der Waals surface area contributed by atoms with Crippen molar-refractivity contribution in [2.24, 2.45) is 0 Å². The van der Waals surface area contributed by atoms with Crippen molar-refractivity contribution < 1.29 is 24.2 Å². The van der Waals surface area contributed by atoms with Crippen molar-refractivity contribution in [1.29, 1.82) is 5.26 Å². The molecule has 0 saturated carbocycles. The van der Waals surface area contributed by atoms with Crippen LogP contribution in [0.25, 0.3) is 0 Å². The summed E-state index contributed by atoms with van der Waals surface area (Å²) in [7, 11) is 0. The number of benzene rings is 1. The van der Waals surface area contributed by atoms with Crippen LogP contribution in [0.4, 0.5) is 4.39 Å². The number of hydrogen-bond donors (Lipinski definition) is 2. The van der Waals surface area contributed by atoms with Crippen molar-refractivity contribution in [2.75, 3.05) is 0 Å². The van der Waals surface area contributed by atoms with Crippen molar-refractivity contribution >= 4 is 11.9 Å². The van der Waals surface area contributed by atoms with Crippen molar-refractivity contribution in [1.82, 2.24) is 4.98 Å². The zero-order valence-corrected chi connectivity index (χ0v) is 23.9. The summed E-state index contributed by atoms with van der Waals surface area (Å²) in [5.74, 6) is -1.63. The van der Waals surface area contributed by atoms with Crippen LogP contribution < -0.4 is 0 Å². The first kappa shape index (κ1) is 33.7. The Hall–Kier alpha value is -3.27. The molecule has 0 aliphatic carbocycles. The maximum Gasteiger partial charge on any atom is 0.307 e. The van der Waals surface area contributed by atoms with Crippen molar-refractivity contribution in [2.45, 2.75) is 106 Å². The van der Waals surface area contributed by atoms with Crippen LogP contribution >= 0.6 is 0 Å². The molecule has 0 atom stereocenters. The lowest BCUT2D eigenvalue weighted by atomic mass is 9.87. The quantitative estimate of drug-likeness (QED) is 0.376. The van der Waals surface area contributed by atoms with Gasteiger partial charge in [0.1, 0.15) is 17.6 Å². The topological polar surface area (TPSA) is 111 Å². The van der Waals surface area contributed by atoms with Crippen molar-refractivity contribution in [3.63, 3.8) is 0 Å². The highest BCUT2D eigenvalue weighted by molar-refractivity contribution is 5.72. The molecule has 2 rings (SSSR count). The number of halogens is 1. The van der Waals surface area contributed by atoms with Crippen LogP contribution in [0, 0.1) is 17.1 Å². The van der Waals surface area contributed by atoms with E-state index in [0.29, 0.717) is 16.8 Å². The number of aliphatic carboxylic acids is 2. The SMILES string of the molecule is CC.CC(C)c1cc(C#N)nc(C(C)C)c1CC(=O)O.CC(C)c1ccc(F)c(C(C)C)c1CC(=O)O. The fraction of sp³-hybridized carbons (Fsp3) is 0.533. The Morgan fingerprint density at radius 2 is 1.32 bits per heavy atom. The monoisotopic (exact) mass is 514 g/mol. The lowest BCUT2D eigenvalue weighted by Gasteiger charge is -2.19. The Labute approximate surface area is 221 Å². The average molecular weight is 515 g/mol. The van der Waals surface area contributed by atoms with Crippen LogP contribution in [0.3, 0.4) is 0 Å². The largest absolute Gasteiger partial charge is 0.481 e. The summed E-state index contributed by atoms with van der Waals surface area (Å²) in [4.78, 5) is 26.1. The number of nitriles is 1. The molecule has 0 saturated heterocycles. The van der Waals surface area contributed by atoms with E-state index < -0.39 is 11.9 Å². The fourth-order valence-corrected chi connectivity index (χ4v) is 4.17. The first-order chi connectivity index (χ1) is 17.2. The first-order valence-corrected chi connectivity index (χ1v) is 12.9. The second-order valence-corrected chi connectivity index (χ2v) is 9.86. The molecule has 7 heteroatoms. The van der Waals surface area contributed by atoms with Crippen LogP contribution in [-0.2, 0) is 22.4 Å². The van der Waals surface area contributed by atoms with E-state index in [4.69, 9.17) is 15.5 Å². The van der Waals surface area contributed by atoms with Gasteiger partial charge in [-0.2, -0.15) is 5.26 Å². The molecule has 204 valence electrons. The molecule has 2 N–H and O–H groups in total. The number of carbonyl (C=O) groups is 2. The zero-order valence-electron chi connectivity index (χ0n) is 23.9. The molecule has 37 heavy (non-hydrogen) atoms. The zero-order chi connectivity index (χ0) is 29.0. The summed E-state index contributed by atoms with van der Waals surface area (Å²) < 4.78 is 13.8. The number of nitrogens with zero attached hydrogens (tertiary/aromatic N) is 2. The van der Waals surface area contributed by atoms with Crippen LogP contribution in [-0.4, -0.2) is 27.1 Å². The Kier molecular flexibility index (Phi) is 14.4. The molecule has 0 aliphatic rings. The third-order valence-electron chi connectivity index (χ3n) is 5.67. The second-order valence-electron chi connectivity index (χ2n) is 9.86. The summed E-state index contributed by atoms with van der Waals surface area (Å²) in [5, 5.41) is 27.0. The van der Waals surface area contributed by atoms with Crippen molar-refractivity contribution in [3.05, 3.63) is 63.2 Å². The van der Waals surface area contributed by atoms with Crippen molar-refractivity contribution in [3.8, 4) is 6.07 Å². The Balaban J connectivity index is 0.000000657. The molecular formula is C30H43FN2O4.